The van der Waals surface area contributed by atoms with E-state index < -0.39 is 0 Å². The van der Waals surface area contributed by atoms with Crippen LogP contribution >= 0.6 is 22.9 Å². The maximum atomic E-state index is 5.56. The minimum atomic E-state index is 0.286. The van der Waals surface area contributed by atoms with E-state index in [1.54, 1.807) is 11.3 Å². The third-order valence-electron chi connectivity index (χ3n) is 1.64. The van der Waals surface area contributed by atoms with Crippen LogP contribution in [0.2, 0.25) is 0 Å². The van der Waals surface area contributed by atoms with Gasteiger partial charge in [-0.1, -0.05) is 5.16 Å². The summed E-state index contributed by atoms with van der Waals surface area (Å²) in [4.78, 5) is 5.15. The summed E-state index contributed by atoms with van der Waals surface area (Å²) in [6.45, 7) is 2.01. The van der Waals surface area contributed by atoms with Gasteiger partial charge >= 0.3 is 0 Å². The molecule has 13 heavy (non-hydrogen) atoms. The summed E-state index contributed by atoms with van der Waals surface area (Å²) in [6.07, 6.45) is 0. The van der Waals surface area contributed by atoms with Crippen molar-refractivity contribution in [3.8, 4) is 10.8 Å². The molecule has 68 valence electrons. The number of alkyl halides is 1. The fourth-order valence-corrected chi connectivity index (χ4v) is 1.95. The lowest BCUT2D eigenvalue weighted by atomic mass is 10.3. The number of aryl methyl sites for hydroxylation is 1. The Balaban J connectivity index is 2.41. The monoisotopic (exact) mass is 214 g/mol. The van der Waals surface area contributed by atoms with Crippen LogP contribution in [0.15, 0.2) is 16.0 Å². The lowest BCUT2D eigenvalue weighted by Gasteiger charge is -1.88. The fourth-order valence-electron chi connectivity index (χ4n) is 0.992. The Bertz CT molecular complexity index is 410. The summed E-state index contributed by atoms with van der Waals surface area (Å²) in [5.74, 6) is 1.38. The Morgan fingerprint density at radius 1 is 1.62 bits per heavy atom. The Labute approximate surface area is 84.3 Å². The molecule has 0 aliphatic carbocycles. The van der Waals surface area contributed by atoms with Gasteiger partial charge in [0.1, 0.15) is 0 Å². The molecule has 2 rings (SSSR count). The van der Waals surface area contributed by atoms with Gasteiger partial charge in [0.15, 0.2) is 5.82 Å². The number of nitrogens with zero attached hydrogens (tertiary/aromatic N) is 2. The van der Waals surface area contributed by atoms with Gasteiger partial charge in [-0.2, -0.15) is 4.98 Å². The van der Waals surface area contributed by atoms with Crippen LogP contribution in [-0.2, 0) is 5.88 Å². The van der Waals surface area contributed by atoms with E-state index in [1.807, 2.05) is 18.4 Å². The average molecular weight is 215 g/mol. The lowest BCUT2D eigenvalue weighted by Crippen LogP contribution is -1.79. The third-order valence-corrected chi connectivity index (χ3v) is 2.89. The summed E-state index contributed by atoms with van der Waals surface area (Å²) in [7, 11) is 0. The molecule has 0 aliphatic heterocycles. The highest BCUT2D eigenvalue weighted by Gasteiger charge is 2.11. The van der Waals surface area contributed by atoms with Crippen molar-refractivity contribution in [2.45, 2.75) is 12.8 Å². The van der Waals surface area contributed by atoms with Gasteiger partial charge in [-0.3, -0.25) is 0 Å². The van der Waals surface area contributed by atoms with Crippen LogP contribution < -0.4 is 0 Å². The summed E-state index contributed by atoms with van der Waals surface area (Å²) >= 11 is 7.15. The quantitative estimate of drug-likeness (QED) is 0.722. The molecule has 0 radical (unpaired) electrons. The maximum absolute atomic E-state index is 5.56. The van der Waals surface area contributed by atoms with Crippen molar-refractivity contribution in [1.82, 2.24) is 10.1 Å². The van der Waals surface area contributed by atoms with E-state index in [1.165, 1.54) is 0 Å². The topological polar surface area (TPSA) is 38.9 Å². The molecule has 0 amide bonds. The standard InChI is InChI=1S/C8H7ClN2OS/c1-5-2-3-13-7(5)8-10-6(4-9)11-12-8/h2-3H,4H2,1H3. The zero-order chi connectivity index (χ0) is 9.26. The second-order valence-electron chi connectivity index (χ2n) is 2.58. The molecule has 0 saturated carbocycles. The predicted molar refractivity (Wildman–Crippen MR) is 51.9 cm³/mol. The molecule has 0 spiro atoms. The Morgan fingerprint density at radius 3 is 3.00 bits per heavy atom. The first kappa shape index (κ1) is 8.72. The van der Waals surface area contributed by atoms with E-state index in [4.69, 9.17) is 16.1 Å². The molecular weight excluding hydrogens is 208 g/mol. The van der Waals surface area contributed by atoms with Crippen molar-refractivity contribution >= 4 is 22.9 Å². The summed E-state index contributed by atoms with van der Waals surface area (Å²) < 4.78 is 5.05. The Kier molecular flexibility index (Phi) is 2.33. The fraction of sp³-hybridized carbons (Fsp3) is 0.250. The summed E-state index contributed by atoms with van der Waals surface area (Å²) in [5.41, 5.74) is 1.15. The highest BCUT2D eigenvalue weighted by Crippen LogP contribution is 2.27. The van der Waals surface area contributed by atoms with Gasteiger partial charge in [0, 0.05) is 0 Å². The molecule has 2 aromatic rings. The van der Waals surface area contributed by atoms with Crippen LogP contribution in [0.3, 0.4) is 0 Å². The van der Waals surface area contributed by atoms with Crippen molar-refractivity contribution in [1.29, 1.82) is 0 Å². The van der Waals surface area contributed by atoms with E-state index >= 15 is 0 Å². The maximum Gasteiger partial charge on any atom is 0.268 e. The first-order valence-electron chi connectivity index (χ1n) is 3.74. The highest BCUT2D eigenvalue weighted by molar-refractivity contribution is 7.13. The van der Waals surface area contributed by atoms with Crippen LogP contribution in [0.5, 0.6) is 0 Å². The van der Waals surface area contributed by atoms with Crippen molar-refractivity contribution in [2.24, 2.45) is 0 Å². The van der Waals surface area contributed by atoms with E-state index in [2.05, 4.69) is 10.1 Å². The minimum absolute atomic E-state index is 0.286. The van der Waals surface area contributed by atoms with Crippen LogP contribution in [0.25, 0.3) is 10.8 Å². The zero-order valence-corrected chi connectivity index (χ0v) is 8.52. The van der Waals surface area contributed by atoms with Gasteiger partial charge in [0.2, 0.25) is 0 Å². The lowest BCUT2D eigenvalue weighted by molar-refractivity contribution is 0.425. The molecule has 0 unspecified atom stereocenters. The molecule has 0 aliphatic rings. The Morgan fingerprint density at radius 2 is 2.46 bits per heavy atom. The first-order valence-corrected chi connectivity index (χ1v) is 5.15. The largest absolute Gasteiger partial charge is 0.333 e. The smallest absolute Gasteiger partial charge is 0.268 e. The molecule has 0 fully saturated rings. The summed E-state index contributed by atoms with van der Waals surface area (Å²) in [5, 5.41) is 5.72. The van der Waals surface area contributed by atoms with E-state index in [0.29, 0.717) is 11.7 Å². The molecule has 3 nitrogen and oxygen atoms in total. The normalized spacial score (nSPS) is 10.6. The molecule has 0 aromatic carbocycles. The molecule has 0 N–H and O–H groups in total. The number of aromatic nitrogens is 2. The number of hydrogen-bond donors (Lipinski definition) is 0. The van der Waals surface area contributed by atoms with Crippen molar-refractivity contribution in [2.75, 3.05) is 0 Å². The molecule has 0 saturated heterocycles. The van der Waals surface area contributed by atoms with Crippen LogP contribution in [0.4, 0.5) is 0 Å². The van der Waals surface area contributed by atoms with Crippen LogP contribution in [0, 0.1) is 6.92 Å². The molecule has 0 atom stereocenters. The third kappa shape index (κ3) is 1.59. The van der Waals surface area contributed by atoms with Gasteiger partial charge in [0.05, 0.1) is 10.8 Å². The van der Waals surface area contributed by atoms with Crippen molar-refractivity contribution in [3.05, 3.63) is 22.8 Å². The number of rotatable bonds is 2. The molecular formula is C8H7ClN2OS. The molecule has 5 heteroatoms. The number of halogens is 1. The molecule has 2 heterocycles. The molecule has 2 aromatic heterocycles. The summed E-state index contributed by atoms with van der Waals surface area (Å²) in [6, 6.07) is 2.02. The van der Waals surface area contributed by atoms with Gasteiger partial charge in [-0.15, -0.1) is 22.9 Å². The van der Waals surface area contributed by atoms with Gasteiger partial charge in [-0.05, 0) is 23.9 Å². The second-order valence-corrected chi connectivity index (χ2v) is 3.77. The minimum Gasteiger partial charge on any atom is -0.333 e. The zero-order valence-electron chi connectivity index (χ0n) is 6.95. The van der Waals surface area contributed by atoms with Gasteiger partial charge in [-0.25, -0.2) is 0 Å². The Hall–Kier alpha value is -0.870. The highest BCUT2D eigenvalue weighted by atomic mass is 35.5. The van der Waals surface area contributed by atoms with Crippen LogP contribution in [-0.4, -0.2) is 10.1 Å². The van der Waals surface area contributed by atoms with E-state index in [-0.39, 0.29) is 5.88 Å². The van der Waals surface area contributed by atoms with Crippen molar-refractivity contribution in [3.63, 3.8) is 0 Å². The first-order chi connectivity index (χ1) is 6.31. The number of hydrogen-bond acceptors (Lipinski definition) is 4. The molecule has 0 bridgehead atoms. The van der Waals surface area contributed by atoms with Gasteiger partial charge < -0.3 is 4.52 Å². The van der Waals surface area contributed by atoms with Gasteiger partial charge in [0.25, 0.3) is 5.89 Å². The van der Waals surface area contributed by atoms with Crippen LogP contribution in [0.1, 0.15) is 11.4 Å². The van der Waals surface area contributed by atoms with E-state index in [0.717, 1.165) is 10.4 Å². The van der Waals surface area contributed by atoms with E-state index in [9.17, 15) is 0 Å². The predicted octanol–water partition coefficient (Wildman–Crippen LogP) is 2.85. The van der Waals surface area contributed by atoms with Crippen molar-refractivity contribution < 1.29 is 4.52 Å². The average Bonchev–Trinajstić information content (AvgIpc) is 2.71. The SMILES string of the molecule is Cc1ccsc1-c1nc(CCl)no1. The second kappa shape index (κ2) is 3.47. The number of thiophene rings is 1.